The number of rotatable bonds is 5. The fourth-order valence-corrected chi connectivity index (χ4v) is 1.45. The maximum absolute atomic E-state index is 5.87. The number of nitrogens with two attached hydrogens (primary N) is 3. The Hall–Kier alpha value is -2.05. The van der Waals surface area contributed by atoms with Gasteiger partial charge in [-0.2, -0.15) is 9.97 Å². The van der Waals surface area contributed by atoms with Gasteiger partial charge in [-0.05, 0) is 5.57 Å². The first kappa shape index (κ1) is 14.0. The zero-order valence-corrected chi connectivity index (χ0v) is 10.6. The second-order valence-electron chi connectivity index (χ2n) is 3.42. The number of nitrogens with zero attached hydrogens (tertiary/aromatic N) is 3. The van der Waals surface area contributed by atoms with E-state index in [0.29, 0.717) is 6.54 Å². The lowest BCUT2D eigenvalue weighted by Crippen LogP contribution is -2.34. The van der Waals surface area contributed by atoms with Crippen LogP contribution in [0.3, 0.4) is 0 Å². The quantitative estimate of drug-likeness (QED) is 0.321. The van der Waals surface area contributed by atoms with E-state index in [0.717, 1.165) is 5.57 Å². The fraction of sp³-hybridized carbons (Fsp3) is 0.0909. The van der Waals surface area contributed by atoms with Gasteiger partial charge in [-0.1, -0.05) is 43.0 Å². The van der Waals surface area contributed by atoms with Crippen LogP contribution in [0.25, 0.3) is 0 Å². The summed E-state index contributed by atoms with van der Waals surface area (Å²) in [6.07, 6.45) is 5.06. The van der Waals surface area contributed by atoms with Gasteiger partial charge in [0.1, 0.15) is 5.69 Å². The molecule has 18 heavy (non-hydrogen) atoms. The minimum Gasteiger partial charge on any atom is -0.393 e. The Kier molecular flexibility index (Phi) is 4.70. The Morgan fingerprint density at radius 2 is 2.00 bits per heavy atom. The second kappa shape index (κ2) is 6.04. The van der Waals surface area contributed by atoms with E-state index in [2.05, 4.69) is 23.1 Å². The lowest BCUT2D eigenvalue weighted by molar-refractivity contribution is 0.891. The molecule has 1 aromatic rings. The predicted octanol–water partition coefficient (Wildman–Crippen LogP) is 1.27. The van der Waals surface area contributed by atoms with Crippen molar-refractivity contribution in [1.29, 1.82) is 0 Å². The number of anilines is 3. The van der Waals surface area contributed by atoms with Gasteiger partial charge in [-0.3, -0.25) is 5.01 Å². The molecule has 6 N–H and O–H groups in total. The van der Waals surface area contributed by atoms with Crippen LogP contribution in [0, 0.1) is 0 Å². The van der Waals surface area contributed by atoms with Crippen LogP contribution in [-0.4, -0.2) is 16.5 Å². The van der Waals surface area contributed by atoms with E-state index in [9.17, 15) is 0 Å². The van der Waals surface area contributed by atoms with Crippen LogP contribution in [0.2, 0.25) is 5.15 Å². The van der Waals surface area contributed by atoms with Gasteiger partial charge in [-0.15, -0.1) is 0 Å². The average Bonchev–Trinajstić information content (AvgIpc) is 2.32. The van der Waals surface area contributed by atoms with Crippen molar-refractivity contribution in [3.05, 3.63) is 42.1 Å². The van der Waals surface area contributed by atoms with Crippen molar-refractivity contribution in [3.8, 4) is 0 Å². The molecule has 6 nitrogen and oxygen atoms in total. The molecule has 7 heteroatoms. The molecule has 0 aliphatic heterocycles. The van der Waals surface area contributed by atoms with Crippen molar-refractivity contribution >= 4 is 29.1 Å². The molecule has 0 atom stereocenters. The van der Waals surface area contributed by atoms with E-state index in [1.807, 2.05) is 0 Å². The summed E-state index contributed by atoms with van der Waals surface area (Å²) in [4.78, 5) is 7.68. The monoisotopic (exact) mass is 266 g/mol. The van der Waals surface area contributed by atoms with Crippen molar-refractivity contribution in [1.82, 2.24) is 9.97 Å². The summed E-state index contributed by atoms with van der Waals surface area (Å²) in [6, 6.07) is 0. The lowest BCUT2D eigenvalue weighted by Gasteiger charge is -2.20. The highest BCUT2D eigenvalue weighted by Gasteiger charge is 2.13. The van der Waals surface area contributed by atoms with Crippen molar-refractivity contribution in [3.63, 3.8) is 0 Å². The normalized spacial score (nSPS) is 11.1. The number of nitrogen functional groups attached to an aromatic ring is 2. The number of halogens is 1. The van der Waals surface area contributed by atoms with Crippen LogP contribution >= 0.6 is 11.6 Å². The lowest BCUT2D eigenvalue weighted by atomic mass is 10.2. The summed E-state index contributed by atoms with van der Waals surface area (Å²) in [6.45, 7) is 7.61. The standard InChI is InChI=1S/C11H15ClN6/c1-3-5-7(4-2)6-18(15)10-8(13)9(12)16-11(14)17-10/h3-5H,1-2,6,13,15H2,(H2,14,16,17)/b7-5+. The van der Waals surface area contributed by atoms with E-state index in [1.54, 1.807) is 18.2 Å². The highest BCUT2D eigenvalue weighted by atomic mass is 35.5. The van der Waals surface area contributed by atoms with Gasteiger partial charge in [0.2, 0.25) is 5.95 Å². The van der Waals surface area contributed by atoms with Gasteiger partial charge < -0.3 is 11.5 Å². The third-order valence-corrected chi connectivity index (χ3v) is 2.40. The molecule has 0 aromatic carbocycles. The molecule has 1 aromatic heterocycles. The molecule has 0 aliphatic carbocycles. The molecule has 1 heterocycles. The first-order chi connectivity index (χ1) is 8.49. The zero-order valence-electron chi connectivity index (χ0n) is 9.81. The highest BCUT2D eigenvalue weighted by Crippen LogP contribution is 2.26. The smallest absolute Gasteiger partial charge is 0.223 e. The molecule has 0 saturated heterocycles. The fourth-order valence-electron chi connectivity index (χ4n) is 1.27. The van der Waals surface area contributed by atoms with Crippen LogP contribution in [-0.2, 0) is 0 Å². The number of aromatic nitrogens is 2. The van der Waals surface area contributed by atoms with E-state index in [1.165, 1.54) is 5.01 Å². The molecule has 0 unspecified atom stereocenters. The molecule has 0 radical (unpaired) electrons. The van der Waals surface area contributed by atoms with Crippen LogP contribution in [0.5, 0.6) is 0 Å². The molecular formula is C11H15ClN6. The molecular weight excluding hydrogens is 252 g/mol. The average molecular weight is 267 g/mol. The number of hydrogen-bond donors (Lipinski definition) is 3. The number of allylic oxidation sites excluding steroid dienone is 2. The van der Waals surface area contributed by atoms with Crippen LogP contribution in [0.1, 0.15) is 0 Å². The molecule has 0 saturated carbocycles. The van der Waals surface area contributed by atoms with Crippen molar-refractivity contribution in [2.75, 3.05) is 23.0 Å². The third kappa shape index (κ3) is 3.22. The Balaban J connectivity index is 3.04. The predicted molar refractivity (Wildman–Crippen MR) is 75.9 cm³/mol. The van der Waals surface area contributed by atoms with E-state index >= 15 is 0 Å². The summed E-state index contributed by atoms with van der Waals surface area (Å²) in [5.74, 6) is 6.14. The van der Waals surface area contributed by atoms with Crippen molar-refractivity contribution in [2.45, 2.75) is 0 Å². The first-order valence-electron chi connectivity index (χ1n) is 5.04. The van der Waals surface area contributed by atoms with E-state index in [4.69, 9.17) is 28.9 Å². The summed E-state index contributed by atoms with van der Waals surface area (Å²) < 4.78 is 0. The zero-order chi connectivity index (χ0) is 13.7. The molecule has 0 fully saturated rings. The maximum Gasteiger partial charge on any atom is 0.223 e. The number of hydrogen-bond acceptors (Lipinski definition) is 6. The SMILES string of the molecule is C=C/C=C(\C=C)CN(N)c1nc(N)nc(Cl)c1N. The third-order valence-electron chi connectivity index (χ3n) is 2.12. The minimum atomic E-state index is 0.00695. The van der Waals surface area contributed by atoms with Crippen molar-refractivity contribution in [2.24, 2.45) is 5.84 Å². The summed E-state index contributed by atoms with van der Waals surface area (Å²) in [5.41, 5.74) is 12.3. The first-order valence-corrected chi connectivity index (χ1v) is 5.42. The number of hydrazine groups is 1. The topological polar surface area (TPSA) is 107 Å². The van der Waals surface area contributed by atoms with Crippen LogP contribution < -0.4 is 22.3 Å². The molecule has 96 valence electrons. The van der Waals surface area contributed by atoms with Gasteiger partial charge in [-0.25, -0.2) is 5.84 Å². The minimum absolute atomic E-state index is 0.00695. The van der Waals surface area contributed by atoms with Crippen LogP contribution in [0.15, 0.2) is 37.0 Å². The Morgan fingerprint density at radius 1 is 1.33 bits per heavy atom. The van der Waals surface area contributed by atoms with Crippen molar-refractivity contribution < 1.29 is 0 Å². The Bertz CT molecular complexity index is 497. The van der Waals surface area contributed by atoms with Gasteiger partial charge >= 0.3 is 0 Å². The molecule has 0 aliphatic rings. The molecule has 0 spiro atoms. The Morgan fingerprint density at radius 3 is 2.56 bits per heavy atom. The second-order valence-corrected chi connectivity index (χ2v) is 3.78. The largest absolute Gasteiger partial charge is 0.393 e. The summed E-state index contributed by atoms with van der Waals surface area (Å²) in [7, 11) is 0. The molecule has 0 bridgehead atoms. The maximum atomic E-state index is 5.87. The molecule has 1 rings (SSSR count). The highest BCUT2D eigenvalue weighted by molar-refractivity contribution is 6.32. The summed E-state index contributed by atoms with van der Waals surface area (Å²) in [5, 5.41) is 1.39. The Labute approximate surface area is 110 Å². The van der Waals surface area contributed by atoms with Crippen LogP contribution in [0.4, 0.5) is 17.5 Å². The molecule has 0 amide bonds. The van der Waals surface area contributed by atoms with Gasteiger partial charge in [0.15, 0.2) is 11.0 Å². The van der Waals surface area contributed by atoms with E-state index < -0.39 is 0 Å². The van der Waals surface area contributed by atoms with Gasteiger partial charge in [0, 0.05) is 0 Å². The van der Waals surface area contributed by atoms with Gasteiger partial charge in [0.05, 0.1) is 6.54 Å². The summed E-state index contributed by atoms with van der Waals surface area (Å²) >= 11 is 5.81. The van der Waals surface area contributed by atoms with Gasteiger partial charge in [0.25, 0.3) is 0 Å². The van der Waals surface area contributed by atoms with E-state index in [-0.39, 0.29) is 22.6 Å².